The largest absolute Gasteiger partial charge is 0.354 e. The summed E-state index contributed by atoms with van der Waals surface area (Å²) < 4.78 is 0. The Kier molecular flexibility index (Phi) is 26.9. The Labute approximate surface area is 496 Å². The summed E-state index contributed by atoms with van der Waals surface area (Å²) >= 11 is 0. The normalized spacial score (nSPS) is 17.5. The molecule has 1 aliphatic heterocycles. The van der Waals surface area contributed by atoms with Crippen molar-refractivity contribution in [3.63, 3.8) is 0 Å². The predicted octanol–water partition coefficient (Wildman–Crippen LogP) is 3.78. The lowest BCUT2D eigenvalue weighted by atomic mass is 9.76. The van der Waals surface area contributed by atoms with Crippen molar-refractivity contribution >= 4 is 73.6 Å². The molecule has 0 spiro atoms. The van der Waals surface area contributed by atoms with Gasteiger partial charge in [-0.25, -0.2) is 0 Å². The van der Waals surface area contributed by atoms with Crippen molar-refractivity contribution in [2.75, 3.05) is 40.3 Å². The fraction of sp³-hybridized carbons (Fsp3) is 0.738. The molecule has 5 atom stereocenters. The van der Waals surface area contributed by atoms with Crippen molar-refractivity contribution in [2.45, 2.75) is 231 Å². The van der Waals surface area contributed by atoms with E-state index in [0.29, 0.717) is 50.1 Å². The SMILES string of the molecule is CC(C)CC(CC(=O)NC(C)(C)C(=O)NC(C)(C)C(=O)NCCC(=O)NC1(CN(C)C)CCC1)NC(=O)CC(CC(C)C)NC(=O)C(C)(C)NC(=O)CCNC(=O)C(CCC1CCCCC1)NC(=O)[C@@H]1CCCN1C(=O)c1ccc(P)cc1. The Morgan fingerprint density at radius 1 is 0.627 bits per heavy atom. The Morgan fingerprint density at radius 3 is 1.77 bits per heavy atom. The summed E-state index contributed by atoms with van der Waals surface area (Å²) in [6, 6.07) is 4.24. The molecule has 0 radical (unpaired) electrons. The Balaban J connectivity index is 1.27. The molecule has 10 amide bonds. The molecule has 0 bridgehead atoms. The van der Waals surface area contributed by atoms with Crippen LogP contribution in [0.25, 0.3) is 0 Å². The summed E-state index contributed by atoms with van der Waals surface area (Å²) in [4.78, 5) is 139. The van der Waals surface area contributed by atoms with Gasteiger partial charge in [-0.05, 0) is 149 Å². The molecular formula is C61H102N11O10P. The lowest BCUT2D eigenvalue weighted by Crippen LogP contribution is -2.63. The van der Waals surface area contributed by atoms with E-state index >= 15 is 0 Å². The number of carbonyl (C=O) groups excluding carboxylic acids is 10. The minimum absolute atomic E-state index is 0.0625. The molecule has 3 fully saturated rings. The Bertz CT molecular complexity index is 2400. The zero-order valence-corrected chi connectivity index (χ0v) is 53.1. The van der Waals surface area contributed by atoms with Gasteiger partial charge in [0.25, 0.3) is 5.91 Å². The first kappa shape index (κ1) is 69.8. The van der Waals surface area contributed by atoms with Gasteiger partial charge in [-0.2, -0.15) is 0 Å². The van der Waals surface area contributed by atoms with E-state index in [0.717, 1.165) is 63.2 Å². The number of hydrogen-bond donors (Lipinski definition) is 9. The van der Waals surface area contributed by atoms with Crippen LogP contribution in [0.3, 0.4) is 0 Å². The molecule has 21 nitrogen and oxygen atoms in total. The van der Waals surface area contributed by atoms with E-state index in [2.05, 4.69) is 57.1 Å². The van der Waals surface area contributed by atoms with E-state index < -0.39 is 82.1 Å². The van der Waals surface area contributed by atoms with E-state index in [9.17, 15) is 47.9 Å². The molecule has 1 saturated heterocycles. The number of hydrogen-bond acceptors (Lipinski definition) is 11. The quantitative estimate of drug-likeness (QED) is 0.0468. The average Bonchev–Trinajstić information content (AvgIpc) is 4.10. The minimum Gasteiger partial charge on any atom is -0.354 e. The first-order chi connectivity index (χ1) is 38.8. The van der Waals surface area contributed by atoms with Gasteiger partial charge in [0.2, 0.25) is 53.2 Å². The molecule has 4 rings (SSSR count). The third-order valence-electron chi connectivity index (χ3n) is 15.9. The number of amides is 10. The summed E-state index contributed by atoms with van der Waals surface area (Å²) in [6.07, 6.45) is 11.2. The molecule has 466 valence electrons. The van der Waals surface area contributed by atoms with Crippen LogP contribution in [0.15, 0.2) is 24.3 Å². The van der Waals surface area contributed by atoms with Gasteiger partial charge in [0.05, 0.1) is 5.54 Å². The van der Waals surface area contributed by atoms with E-state index in [-0.39, 0.29) is 73.9 Å². The van der Waals surface area contributed by atoms with Gasteiger partial charge in [-0.3, -0.25) is 47.9 Å². The molecule has 1 aromatic carbocycles. The smallest absolute Gasteiger partial charge is 0.254 e. The zero-order chi connectivity index (χ0) is 61.9. The van der Waals surface area contributed by atoms with Crippen molar-refractivity contribution in [2.24, 2.45) is 17.8 Å². The monoisotopic (exact) mass is 1180 g/mol. The number of nitrogens with zero attached hydrogens (tertiary/aromatic N) is 2. The highest BCUT2D eigenvalue weighted by Crippen LogP contribution is 2.32. The minimum atomic E-state index is -1.46. The number of likely N-dealkylation sites (N-methyl/N-ethyl adjacent to an activating group) is 1. The summed E-state index contributed by atoms with van der Waals surface area (Å²) in [5.74, 6) is -3.71. The highest BCUT2D eigenvalue weighted by molar-refractivity contribution is 7.27. The van der Waals surface area contributed by atoms with Crippen LogP contribution < -0.4 is 53.2 Å². The molecule has 22 heteroatoms. The average molecular weight is 1180 g/mol. The number of nitrogens with one attached hydrogen (secondary N) is 9. The van der Waals surface area contributed by atoms with Gasteiger partial charge in [0.1, 0.15) is 28.7 Å². The van der Waals surface area contributed by atoms with Gasteiger partial charge >= 0.3 is 0 Å². The number of rotatable bonds is 32. The standard InChI is InChI=1S/C61H102N11O10P/c1-39(2)34-43(37-51(76)68-60(9,10)57(82)70-58(5,6)55(80)63-32-28-49(74)69-61(29-17-30-61)38-71(11)12)64-50(75)36-44(35-40(3)4)65-56(81)59(7,8)67-48(73)27-31-62-52(77)46(26-21-41-18-14-13-15-19-41)66-53(78)47-20-16-33-72(47)54(79)42-22-24-45(83)25-23-42/h22-25,39-41,43-44,46-47H,13-21,26-38,83H2,1-12H3,(H,62,77)(H,63,80)(H,64,75)(H,65,81)(H,66,78)(H,67,73)(H,68,76)(H,69,74)(H,70,82)/t43?,44?,46?,47-/m0/s1. The lowest BCUT2D eigenvalue weighted by Gasteiger charge is -2.44. The van der Waals surface area contributed by atoms with Crippen molar-refractivity contribution in [3.8, 4) is 0 Å². The van der Waals surface area contributed by atoms with Crippen LogP contribution in [-0.4, -0.2) is 155 Å². The van der Waals surface area contributed by atoms with Crippen LogP contribution in [0.1, 0.15) is 195 Å². The first-order valence-electron chi connectivity index (χ1n) is 30.3. The maximum Gasteiger partial charge on any atom is 0.254 e. The van der Waals surface area contributed by atoms with Crippen LogP contribution in [-0.2, 0) is 43.2 Å². The van der Waals surface area contributed by atoms with Crippen LogP contribution >= 0.6 is 9.24 Å². The van der Waals surface area contributed by atoms with Gasteiger partial charge in [-0.1, -0.05) is 71.9 Å². The molecule has 9 N–H and O–H groups in total. The third-order valence-corrected chi connectivity index (χ3v) is 16.3. The molecule has 4 unspecified atom stereocenters. The summed E-state index contributed by atoms with van der Waals surface area (Å²) in [7, 11) is 6.51. The Hall–Kier alpha value is -5.69. The highest BCUT2D eigenvalue weighted by atomic mass is 31.0. The van der Waals surface area contributed by atoms with E-state index in [1.165, 1.54) is 34.1 Å². The first-order valence-corrected chi connectivity index (χ1v) is 30.9. The van der Waals surface area contributed by atoms with Crippen molar-refractivity contribution in [1.82, 2.24) is 57.7 Å². The Morgan fingerprint density at radius 2 is 1.18 bits per heavy atom. The van der Waals surface area contributed by atoms with Crippen molar-refractivity contribution in [1.29, 1.82) is 0 Å². The van der Waals surface area contributed by atoms with Crippen molar-refractivity contribution in [3.05, 3.63) is 29.8 Å². The maximum atomic E-state index is 13.9. The molecule has 2 aliphatic carbocycles. The van der Waals surface area contributed by atoms with Gasteiger partial charge in [0.15, 0.2) is 0 Å². The lowest BCUT2D eigenvalue weighted by molar-refractivity contribution is -0.137. The fourth-order valence-electron chi connectivity index (χ4n) is 11.4. The molecule has 2 saturated carbocycles. The molecule has 1 heterocycles. The fourth-order valence-corrected chi connectivity index (χ4v) is 11.5. The second-order valence-corrected chi connectivity index (χ2v) is 27.1. The van der Waals surface area contributed by atoms with Crippen LogP contribution in [0.2, 0.25) is 0 Å². The number of likely N-dealkylation sites (tertiary alicyclic amines) is 1. The summed E-state index contributed by atoms with van der Waals surface area (Å²) in [5, 5.41) is 26.8. The molecule has 1 aromatic rings. The topological polar surface area (TPSA) is 285 Å². The number of carbonyl (C=O) groups is 10. The van der Waals surface area contributed by atoms with Gasteiger partial charge in [-0.15, -0.1) is 9.24 Å². The van der Waals surface area contributed by atoms with Crippen LogP contribution in [0.5, 0.6) is 0 Å². The van der Waals surface area contributed by atoms with E-state index in [1.807, 2.05) is 58.8 Å². The second kappa shape index (κ2) is 32.0. The second-order valence-electron chi connectivity index (χ2n) is 26.4. The predicted molar refractivity (Wildman–Crippen MR) is 325 cm³/mol. The molecular weight excluding hydrogens is 1080 g/mol. The zero-order valence-electron chi connectivity index (χ0n) is 52.0. The van der Waals surface area contributed by atoms with Crippen LogP contribution in [0.4, 0.5) is 0 Å². The highest BCUT2D eigenvalue weighted by Gasteiger charge is 2.41. The van der Waals surface area contributed by atoms with E-state index in [4.69, 9.17) is 0 Å². The van der Waals surface area contributed by atoms with Gasteiger partial charge in [0, 0.05) is 69.5 Å². The van der Waals surface area contributed by atoms with Gasteiger partial charge < -0.3 is 57.7 Å². The molecule has 3 aliphatic rings. The summed E-state index contributed by atoms with van der Waals surface area (Å²) in [5.41, 5.74) is -4.05. The molecule has 83 heavy (non-hydrogen) atoms. The van der Waals surface area contributed by atoms with Crippen LogP contribution in [0, 0.1) is 17.8 Å². The van der Waals surface area contributed by atoms with Crippen molar-refractivity contribution < 1.29 is 47.9 Å². The maximum absolute atomic E-state index is 13.9. The summed E-state index contributed by atoms with van der Waals surface area (Å²) in [6.45, 7) is 18.2. The third kappa shape index (κ3) is 23.4. The molecule has 0 aromatic heterocycles. The van der Waals surface area contributed by atoms with E-state index in [1.54, 1.807) is 30.9 Å². The number of benzene rings is 1.